The van der Waals surface area contributed by atoms with E-state index in [-0.39, 0.29) is 40.9 Å². The Morgan fingerprint density at radius 2 is 1.64 bits per heavy atom. The van der Waals surface area contributed by atoms with Gasteiger partial charge in [-0.2, -0.15) is 0 Å². The topological polar surface area (TPSA) is 186 Å². The zero-order valence-electron chi connectivity index (χ0n) is 29.5. The van der Waals surface area contributed by atoms with Gasteiger partial charge >= 0.3 is 24.0 Å². The summed E-state index contributed by atoms with van der Waals surface area (Å²) < 4.78 is 26.4. The van der Waals surface area contributed by atoms with Gasteiger partial charge in [0.2, 0.25) is 6.79 Å². The van der Waals surface area contributed by atoms with Gasteiger partial charge in [0.25, 0.3) is 5.91 Å². The molecule has 0 saturated heterocycles. The van der Waals surface area contributed by atoms with Crippen LogP contribution in [-0.4, -0.2) is 78.9 Å². The van der Waals surface area contributed by atoms with E-state index in [4.69, 9.17) is 23.7 Å². The lowest BCUT2D eigenvalue weighted by Gasteiger charge is -2.23. The number of rotatable bonds is 15. The molecule has 0 unspecified atom stereocenters. The van der Waals surface area contributed by atoms with Crippen molar-refractivity contribution >= 4 is 42.3 Å². The molecule has 0 bridgehead atoms. The highest BCUT2D eigenvalue weighted by atomic mass is 16.7. The van der Waals surface area contributed by atoms with E-state index in [0.717, 1.165) is 12.8 Å². The molecule has 1 fully saturated rings. The maximum Gasteiger partial charge on any atom is 0.408 e. The summed E-state index contributed by atoms with van der Waals surface area (Å²) >= 11 is 0. The molecule has 1 aromatic heterocycles. The van der Waals surface area contributed by atoms with Crippen LogP contribution in [0.25, 0.3) is 17.2 Å². The van der Waals surface area contributed by atoms with Crippen molar-refractivity contribution in [3.63, 3.8) is 0 Å². The predicted octanol–water partition coefficient (Wildman–Crippen LogP) is 5.03. The fraction of sp³-hybridized carbons (Fsp3) is 0.472. The molecular formula is C36H45N3O11. The second-order valence-corrected chi connectivity index (χ2v) is 13.6. The molecule has 1 heterocycles. The number of aldehydes is 1. The van der Waals surface area contributed by atoms with Crippen LogP contribution in [0.2, 0.25) is 0 Å². The number of hydrogen-bond acceptors (Lipinski definition) is 12. The minimum absolute atomic E-state index is 0.0792. The van der Waals surface area contributed by atoms with Crippen LogP contribution in [0.15, 0.2) is 30.8 Å². The number of esters is 3. The highest BCUT2D eigenvalue weighted by molar-refractivity contribution is 6.01. The van der Waals surface area contributed by atoms with Crippen molar-refractivity contribution in [1.82, 2.24) is 15.6 Å². The molecule has 270 valence electrons. The lowest BCUT2D eigenvalue weighted by Crippen LogP contribution is -2.45. The monoisotopic (exact) mass is 695 g/mol. The van der Waals surface area contributed by atoms with Crippen LogP contribution in [0.1, 0.15) is 104 Å². The molecule has 2 aromatic rings. The molecule has 2 amide bonds. The van der Waals surface area contributed by atoms with Crippen LogP contribution in [0, 0.1) is 5.92 Å². The number of amides is 2. The van der Waals surface area contributed by atoms with Crippen LogP contribution >= 0.6 is 0 Å². The van der Waals surface area contributed by atoms with Gasteiger partial charge in [0.05, 0.1) is 7.11 Å². The van der Waals surface area contributed by atoms with Gasteiger partial charge in [-0.25, -0.2) is 19.4 Å². The zero-order valence-corrected chi connectivity index (χ0v) is 29.5. The smallest absolute Gasteiger partial charge is 0.408 e. The number of aromatic nitrogens is 1. The summed E-state index contributed by atoms with van der Waals surface area (Å²) in [6.45, 7) is 13.2. The molecule has 2 N–H and O–H groups in total. The summed E-state index contributed by atoms with van der Waals surface area (Å²) in [5, 5.41) is 5.16. The largest absolute Gasteiger partial charge is 0.496 e. The molecule has 1 aliphatic rings. The number of pyridine rings is 1. The van der Waals surface area contributed by atoms with Crippen molar-refractivity contribution < 1.29 is 52.5 Å². The summed E-state index contributed by atoms with van der Waals surface area (Å²) in [5.41, 5.74) is -0.977. The van der Waals surface area contributed by atoms with E-state index in [1.807, 2.05) is 0 Å². The lowest BCUT2D eigenvalue weighted by atomic mass is 9.95. The Morgan fingerprint density at radius 3 is 2.22 bits per heavy atom. The molecule has 0 aliphatic heterocycles. The Morgan fingerprint density at radius 1 is 0.960 bits per heavy atom. The SMILES string of the molecule is C=Cc1cc(C=O)c(-c2ccc(C(=O)NCC3CC3)nc2C(=O)OCOC(=O)[C@H](CCC(=O)OC(C)(C)C)NC(=O)OC(C)(C)C)cc1OC. The van der Waals surface area contributed by atoms with Crippen molar-refractivity contribution in [2.24, 2.45) is 5.92 Å². The van der Waals surface area contributed by atoms with Crippen LogP contribution in [-0.2, 0) is 28.5 Å². The van der Waals surface area contributed by atoms with Crippen molar-refractivity contribution in [3.05, 3.63) is 53.4 Å². The average Bonchev–Trinajstić information content (AvgIpc) is 3.87. The van der Waals surface area contributed by atoms with Gasteiger partial charge in [-0.3, -0.25) is 14.4 Å². The van der Waals surface area contributed by atoms with Gasteiger partial charge in [-0.05, 0) is 96.6 Å². The standard InChI is InChI=1S/C36H45N3O11/c1-9-22-16-23(19-40)25(17-28(22)46-8)24-12-13-26(31(42)37-18-21-10-11-21)38-30(24)33(44)48-20-47-32(43)27(39-34(45)50-36(5,6)7)14-15-29(41)49-35(2,3)4/h9,12-13,16-17,19,21,27H,1,10-11,14-15,18,20H2,2-8H3,(H,37,42)(H,39,45)/t27-/m0/s1. The van der Waals surface area contributed by atoms with E-state index in [1.165, 1.54) is 37.5 Å². The quantitative estimate of drug-likeness (QED) is 0.110. The molecule has 1 atom stereocenters. The van der Waals surface area contributed by atoms with Gasteiger partial charge < -0.3 is 34.3 Å². The minimum Gasteiger partial charge on any atom is -0.496 e. The molecule has 1 aromatic carbocycles. The number of carbonyl (C=O) groups is 6. The first kappa shape index (κ1) is 39.2. The second kappa shape index (κ2) is 16.9. The molecule has 3 rings (SSSR count). The lowest BCUT2D eigenvalue weighted by molar-refractivity contribution is -0.157. The number of methoxy groups -OCH3 is 1. The van der Waals surface area contributed by atoms with Gasteiger partial charge in [-0.1, -0.05) is 12.7 Å². The fourth-order valence-electron chi connectivity index (χ4n) is 4.55. The Bertz CT molecular complexity index is 1620. The Balaban J connectivity index is 1.85. The van der Waals surface area contributed by atoms with E-state index >= 15 is 0 Å². The summed E-state index contributed by atoms with van der Waals surface area (Å²) in [6.07, 6.45) is 2.72. The van der Waals surface area contributed by atoms with Crippen LogP contribution < -0.4 is 15.4 Å². The first-order valence-corrected chi connectivity index (χ1v) is 16.1. The third kappa shape index (κ3) is 12.0. The summed E-state index contributed by atoms with van der Waals surface area (Å²) in [5.74, 6) is -2.49. The highest BCUT2D eigenvalue weighted by Gasteiger charge is 2.29. The first-order chi connectivity index (χ1) is 23.4. The number of carbonyl (C=O) groups excluding carboxylic acids is 6. The van der Waals surface area contributed by atoms with Gasteiger partial charge in [0.1, 0.15) is 28.7 Å². The van der Waals surface area contributed by atoms with Crippen molar-refractivity contribution in [3.8, 4) is 16.9 Å². The third-order valence-corrected chi connectivity index (χ3v) is 7.03. The fourth-order valence-corrected chi connectivity index (χ4v) is 4.55. The van der Waals surface area contributed by atoms with E-state index in [2.05, 4.69) is 22.2 Å². The predicted molar refractivity (Wildman–Crippen MR) is 181 cm³/mol. The number of nitrogens with one attached hydrogen (secondary N) is 2. The zero-order chi connectivity index (χ0) is 37.2. The van der Waals surface area contributed by atoms with Crippen LogP contribution in [0.4, 0.5) is 4.79 Å². The van der Waals surface area contributed by atoms with Crippen LogP contribution in [0.3, 0.4) is 0 Å². The van der Waals surface area contributed by atoms with Gasteiger partial charge in [0.15, 0.2) is 12.0 Å². The first-order valence-electron chi connectivity index (χ1n) is 16.1. The van der Waals surface area contributed by atoms with Crippen molar-refractivity contribution in [2.75, 3.05) is 20.4 Å². The van der Waals surface area contributed by atoms with Gasteiger partial charge in [-0.15, -0.1) is 0 Å². The maximum absolute atomic E-state index is 13.5. The van der Waals surface area contributed by atoms with E-state index < -0.39 is 53.9 Å². The highest BCUT2D eigenvalue weighted by Crippen LogP contribution is 2.33. The molecule has 50 heavy (non-hydrogen) atoms. The van der Waals surface area contributed by atoms with E-state index in [9.17, 15) is 28.8 Å². The normalized spacial score (nSPS) is 13.3. The average molecular weight is 696 g/mol. The summed E-state index contributed by atoms with van der Waals surface area (Å²) in [6, 6.07) is 4.55. The maximum atomic E-state index is 13.5. The molecule has 1 saturated carbocycles. The van der Waals surface area contributed by atoms with Gasteiger partial charge in [0, 0.05) is 29.7 Å². The molecular weight excluding hydrogens is 650 g/mol. The summed E-state index contributed by atoms with van der Waals surface area (Å²) in [7, 11) is 1.43. The number of benzene rings is 1. The molecule has 0 spiro atoms. The minimum atomic E-state index is -1.37. The number of alkyl carbamates (subject to hydrolysis) is 1. The Hall–Kier alpha value is -5.27. The summed E-state index contributed by atoms with van der Waals surface area (Å²) in [4.78, 5) is 80.6. The number of hydrogen-bond donors (Lipinski definition) is 2. The van der Waals surface area contributed by atoms with Crippen LogP contribution in [0.5, 0.6) is 5.75 Å². The molecule has 1 aliphatic carbocycles. The second-order valence-electron chi connectivity index (χ2n) is 13.6. The third-order valence-electron chi connectivity index (χ3n) is 7.03. The van der Waals surface area contributed by atoms with Crippen molar-refractivity contribution in [1.29, 1.82) is 0 Å². The number of ether oxygens (including phenoxy) is 5. The molecule has 14 nitrogen and oxygen atoms in total. The molecule has 14 heteroatoms. The Labute approximate surface area is 291 Å². The van der Waals surface area contributed by atoms with E-state index in [1.54, 1.807) is 41.5 Å². The van der Waals surface area contributed by atoms with Crippen molar-refractivity contribution in [2.45, 2.75) is 84.5 Å². The van der Waals surface area contributed by atoms with E-state index in [0.29, 0.717) is 30.1 Å². The number of nitrogens with zero attached hydrogens (tertiary/aromatic N) is 1. The Kier molecular flexibility index (Phi) is 13.2. The molecule has 0 radical (unpaired) electrons.